The normalized spacial score (nSPS) is 15.8. The Hall–Kier alpha value is -2.06. The van der Waals surface area contributed by atoms with Crippen molar-refractivity contribution in [3.8, 4) is 0 Å². The Bertz CT molecular complexity index is 623. The molecule has 22 heavy (non-hydrogen) atoms. The maximum atomic E-state index is 12.2. The Kier molecular flexibility index (Phi) is 4.59. The second-order valence-corrected chi connectivity index (χ2v) is 5.95. The number of nitrogens with one attached hydrogen (secondary N) is 1. The highest BCUT2D eigenvalue weighted by atomic mass is 32.1. The van der Waals surface area contributed by atoms with Crippen LogP contribution in [0.5, 0.6) is 0 Å². The van der Waals surface area contributed by atoms with Crippen LogP contribution in [0.4, 0.5) is 9.93 Å². The van der Waals surface area contributed by atoms with Gasteiger partial charge in [-0.1, -0.05) is 6.07 Å². The average Bonchev–Trinajstić information content (AvgIpc) is 2.94. The molecule has 0 aromatic carbocycles. The Morgan fingerprint density at radius 1 is 1.36 bits per heavy atom. The van der Waals surface area contributed by atoms with Crippen LogP contribution < -0.4 is 5.32 Å². The van der Waals surface area contributed by atoms with Gasteiger partial charge in [0.05, 0.1) is 0 Å². The Morgan fingerprint density at radius 2 is 2.18 bits per heavy atom. The minimum Gasteiger partial charge on any atom is -0.322 e. The number of urea groups is 1. The summed E-state index contributed by atoms with van der Waals surface area (Å²) in [5.74, 6) is 0.682. The molecule has 0 atom stereocenters. The van der Waals surface area contributed by atoms with Crippen LogP contribution in [0, 0.1) is 6.92 Å². The number of amides is 2. The highest BCUT2D eigenvalue weighted by Gasteiger charge is 2.21. The van der Waals surface area contributed by atoms with Crippen LogP contribution in [0.25, 0.3) is 0 Å². The van der Waals surface area contributed by atoms with Crippen molar-refractivity contribution in [3.63, 3.8) is 0 Å². The van der Waals surface area contributed by atoms with E-state index >= 15 is 0 Å². The summed E-state index contributed by atoms with van der Waals surface area (Å²) in [4.78, 5) is 24.6. The third kappa shape index (κ3) is 3.77. The summed E-state index contributed by atoms with van der Waals surface area (Å²) in [7, 11) is 0. The van der Waals surface area contributed by atoms with Crippen molar-refractivity contribution in [1.29, 1.82) is 0 Å². The van der Waals surface area contributed by atoms with E-state index in [0.717, 1.165) is 19.6 Å². The van der Waals surface area contributed by atoms with E-state index in [4.69, 9.17) is 0 Å². The summed E-state index contributed by atoms with van der Waals surface area (Å²) >= 11 is 1.21. The van der Waals surface area contributed by atoms with E-state index in [1.165, 1.54) is 17.1 Å². The molecule has 1 saturated heterocycles. The summed E-state index contributed by atoms with van der Waals surface area (Å²) in [6.45, 7) is 5.82. The van der Waals surface area contributed by atoms with Crippen LogP contribution in [-0.2, 0) is 6.54 Å². The number of hydrogen-bond acceptors (Lipinski definition) is 6. The third-order valence-electron chi connectivity index (χ3n) is 3.53. The number of carbonyl (C=O) groups excluding carboxylic acids is 1. The fraction of sp³-hybridized carbons (Fsp3) is 0.429. The molecule has 2 aromatic heterocycles. The summed E-state index contributed by atoms with van der Waals surface area (Å²) in [5, 5.41) is 3.36. The number of hydrogen-bond donors (Lipinski definition) is 1. The highest BCUT2D eigenvalue weighted by Crippen LogP contribution is 2.13. The number of aromatic nitrogens is 3. The van der Waals surface area contributed by atoms with E-state index < -0.39 is 0 Å². The molecule has 8 heteroatoms. The van der Waals surface area contributed by atoms with Crippen LogP contribution in [0.1, 0.15) is 11.4 Å². The molecular weight excluding hydrogens is 300 g/mol. The number of anilines is 1. The van der Waals surface area contributed by atoms with Gasteiger partial charge in [0, 0.05) is 56.6 Å². The molecule has 116 valence electrons. The zero-order valence-corrected chi connectivity index (χ0v) is 13.2. The fourth-order valence-electron chi connectivity index (χ4n) is 2.38. The van der Waals surface area contributed by atoms with Gasteiger partial charge in [-0.25, -0.2) is 9.78 Å². The van der Waals surface area contributed by atoms with Crippen molar-refractivity contribution >= 4 is 22.7 Å². The van der Waals surface area contributed by atoms with Gasteiger partial charge in [0.1, 0.15) is 5.82 Å². The topological polar surface area (TPSA) is 74.2 Å². The Labute approximate surface area is 133 Å². The monoisotopic (exact) mass is 318 g/mol. The first-order chi connectivity index (χ1) is 10.7. The molecule has 0 aliphatic carbocycles. The second kappa shape index (κ2) is 6.80. The van der Waals surface area contributed by atoms with Gasteiger partial charge in [0.25, 0.3) is 0 Å². The molecule has 7 nitrogen and oxygen atoms in total. The highest BCUT2D eigenvalue weighted by molar-refractivity contribution is 7.09. The van der Waals surface area contributed by atoms with Gasteiger partial charge in [-0.3, -0.25) is 15.2 Å². The molecule has 0 spiro atoms. The maximum Gasteiger partial charge on any atom is 0.323 e. The Morgan fingerprint density at radius 3 is 2.82 bits per heavy atom. The first-order valence-electron chi connectivity index (χ1n) is 7.18. The zero-order valence-electron chi connectivity index (χ0n) is 12.4. The zero-order chi connectivity index (χ0) is 15.4. The smallest absolute Gasteiger partial charge is 0.322 e. The quantitative estimate of drug-likeness (QED) is 0.930. The molecule has 0 unspecified atom stereocenters. The van der Waals surface area contributed by atoms with Gasteiger partial charge in [-0.05, 0) is 18.6 Å². The molecule has 1 N–H and O–H groups in total. The molecule has 2 amide bonds. The van der Waals surface area contributed by atoms with Crippen molar-refractivity contribution in [2.75, 3.05) is 31.5 Å². The van der Waals surface area contributed by atoms with E-state index in [9.17, 15) is 4.79 Å². The number of piperazine rings is 1. The van der Waals surface area contributed by atoms with E-state index in [1.54, 1.807) is 6.20 Å². The molecule has 0 saturated carbocycles. The predicted molar refractivity (Wildman–Crippen MR) is 84.8 cm³/mol. The number of aryl methyl sites for hydroxylation is 1. The van der Waals surface area contributed by atoms with Crippen LogP contribution in [0.2, 0.25) is 0 Å². The number of rotatable bonds is 3. The first-order valence-corrected chi connectivity index (χ1v) is 7.95. The number of pyridine rings is 1. The summed E-state index contributed by atoms with van der Waals surface area (Å²) in [6, 6.07) is 3.92. The number of nitrogens with zero attached hydrogens (tertiary/aromatic N) is 5. The molecule has 3 rings (SSSR count). The summed E-state index contributed by atoms with van der Waals surface area (Å²) in [5.41, 5.74) is 1.20. The van der Waals surface area contributed by atoms with E-state index in [1.807, 2.05) is 24.1 Å². The van der Waals surface area contributed by atoms with Gasteiger partial charge < -0.3 is 4.90 Å². The van der Waals surface area contributed by atoms with Crippen LogP contribution in [0.3, 0.4) is 0 Å². The minimum atomic E-state index is -0.0998. The van der Waals surface area contributed by atoms with Crippen molar-refractivity contribution in [2.45, 2.75) is 13.5 Å². The predicted octanol–water partition coefficient (Wildman–Crippen LogP) is 1.59. The molecule has 0 bridgehead atoms. The Balaban J connectivity index is 1.48. The van der Waals surface area contributed by atoms with Crippen molar-refractivity contribution < 1.29 is 4.79 Å². The number of carbonyl (C=O) groups is 1. The lowest BCUT2D eigenvalue weighted by Gasteiger charge is -2.34. The van der Waals surface area contributed by atoms with Crippen molar-refractivity contribution in [1.82, 2.24) is 24.1 Å². The van der Waals surface area contributed by atoms with Gasteiger partial charge in [-0.2, -0.15) is 4.37 Å². The maximum absolute atomic E-state index is 12.2. The first kappa shape index (κ1) is 14.9. The van der Waals surface area contributed by atoms with Crippen LogP contribution in [-0.4, -0.2) is 56.4 Å². The van der Waals surface area contributed by atoms with Gasteiger partial charge >= 0.3 is 6.03 Å². The summed E-state index contributed by atoms with van der Waals surface area (Å²) < 4.78 is 4.06. The lowest BCUT2D eigenvalue weighted by Crippen LogP contribution is -2.49. The molecule has 0 radical (unpaired) electrons. The molecule has 3 heterocycles. The minimum absolute atomic E-state index is 0.0998. The second-order valence-electron chi connectivity index (χ2n) is 5.20. The lowest BCUT2D eigenvalue weighted by molar-refractivity contribution is 0.143. The van der Waals surface area contributed by atoms with Gasteiger partial charge in [0.2, 0.25) is 5.13 Å². The fourth-order valence-corrected chi connectivity index (χ4v) is 2.94. The van der Waals surface area contributed by atoms with Crippen molar-refractivity contribution in [3.05, 3.63) is 35.9 Å². The summed E-state index contributed by atoms with van der Waals surface area (Å²) in [6.07, 6.45) is 3.66. The molecular formula is C14H18N6OS. The third-order valence-corrected chi connectivity index (χ3v) is 4.25. The van der Waals surface area contributed by atoms with Crippen LogP contribution >= 0.6 is 11.5 Å². The largest absolute Gasteiger partial charge is 0.323 e. The van der Waals surface area contributed by atoms with Gasteiger partial charge in [-0.15, -0.1) is 0 Å². The van der Waals surface area contributed by atoms with Crippen molar-refractivity contribution in [2.24, 2.45) is 0 Å². The van der Waals surface area contributed by atoms with E-state index in [2.05, 4.69) is 30.6 Å². The molecule has 1 aliphatic rings. The molecule has 1 fully saturated rings. The van der Waals surface area contributed by atoms with E-state index in [-0.39, 0.29) is 6.03 Å². The average molecular weight is 318 g/mol. The SMILES string of the molecule is Cc1nsc(NC(=O)N2CCN(Cc3cccnc3)CC2)n1. The van der Waals surface area contributed by atoms with Crippen LogP contribution in [0.15, 0.2) is 24.5 Å². The molecule has 1 aliphatic heterocycles. The lowest BCUT2D eigenvalue weighted by atomic mass is 10.2. The molecule has 2 aromatic rings. The van der Waals surface area contributed by atoms with E-state index in [0.29, 0.717) is 24.0 Å². The standard InChI is InChI=1S/C14H18N6OS/c1-11-16-13(22-18-11)17-14(21)20-7-5-19(6-8-20)10-12-3-2-4-15-9-12/h2-4,9H,5-8,10H2,1H3,(H,16,17,18,21). The van der Waals surface area contributed by atoms with Gasteiger partial charge in [0.15, 0.2) is 0 Å².